The first kappa shape index (κ1) is 15.7. The standard InChI is InChI=1S/C22H25N/c1-3-4-5-6-7-18-9-12-20(13-10-18)22-21-16-17(2)8-11-19(21)14-15-23-22/h8-16H,3-7H2,1-2H3. The predicted octanol–water partition coefficient (Wildman–Crippen LogP) is 6.33. The van der Waals surface area contributed by atoms with E-state index < -0.39 is 0 Å². The van der Waals surface area contributed by atoms with Gasteiger partial charge in [0.15, 0.2) is 0 Å². The molecule has 0 N–H and O–H groups in total. The Morgan fingerprint density at radius 2 is 1.70 bits per heavy atom. The molecular weight excluding hydrogens is 278 g/mol. The van der Waals surface area contributed by atoms with Crippen LogP contribution in [0.25, 0.3) is 22.0 Å². The summed E-state index contributed by atoms with van der Waals surface area (Å²) in [4.78, 5) is 4.63. The van der Waals surface area contributed by atoms with Crippen LogP contribution in [0.15, 0.2) is 54.7 Å². The molecule has 0 unspecified atom stereocenters. The van der Waals surface area contributed by atoms with Gasteiger partial charge in [-0.25, -0.2) is 0 Å². The van der Waals surface area contributed by atoms with Crippen LogP contribution in [0, 0.1) is 6.92 Å². The Morgan fingerprint density at radius 3 is 2.48 bits per heavy atom. The fraction of sp³-hybridized carbons (Fsp3) is 0.318. The molecule has 1 heteroatoms. The maximum absolute atomic E-state index is 4.63. The molecule has 0 aliphatic heterocycles. The highest BCUT2D eigenvalue weighted by molar-refractivity contribution is 5.94. The molecule has 1 aromatic heterocycles. The number of aromatic nitrogens is 1. The molecule has 0 atom stereocenters. The van der Waals surface area contributed by atoms with Crippen LogP contribution in [0.5, 0.6) is 0 Å². The Morgan fingerprint density at radius 1 is 0.870 bits per heavy atom. The SMILES string of the molecule is CCCCCCc1ccc(-c2nccc3ccc(C)cc23)cc1. The number of hydrogen-bond donors (Lipinski definition) is 0. The fourth-order valence-electron chi connectivity index (χ4n) is 3.10. The normalized spacial score (nSPS) is 11.0. The van der Waals surface area contributed by atoms with Crippen molar-refractivity contribution in [3.8, 4) is 11.3 Å². The number of aryl methyl sites for hydroxylation is 2. The minimum atomic E-state index is 1.09. The van der Waals surface area contributed by atoms with E-state index in [-0.39, 0.29) is 0 Å². The molecule has 0 aliphatic rings. The van der Waals surface area contributed by atoms with E-state index in [0.29, 0.717) is 0 Å². The largest absolute Gasteiger partial charge is 0.256 e. The monoisotopic (exact) mass is 303 g/mol. The van der Waals surface area contributed by atoms with Crippen LogP contribution in [0.1, 0.15) is 43.7 Å². The Labute approximate surface area is 139 Å². The third kappa shape index (κ3) is 3.79. The van der Waals surface area contributed by atoms with Crippen LogP contribution in [0.3, 0.4) is 0 Å². The van der Waals surface area contributed by atoms with Gasteiger partial charge in [0.1, 0.15) is 0 Å². The highest BCUT2D eigenvalue weighted by Crippen LogP contribution is 2.27. The molecular formula is C22H25N. The van der Waals surface area contributed by atoms with Crippen LogP contribution >= 0.6 is 0 Å². The van der Waals surface area contributed by atoms with Crippen molar-refractivity contribution in [1.29, 1.82) is 0 Å². The number of unbranched alkanes of at least 4 members (excludes halogenated alkanes) is 3. The molecule has 3 rings (SSSR count). The van der Waals surface area contributed by atoms with Crippen molar-refractivity contribution in [2.24, 2.45) is 0 Å². The first-order valence-electron chi connectivity index (χ1n) is 8.72. The zero-order valence-corrected chi connectivity index (χ0v) is 14.2. The second-order valence-electron chi connectivity index (χ2n) is 6.39. The minimum absolute atomic E-state index is 1.09. The van der Waals surface area contributed by atoms with E-state index in [2.05, 4.69) is 67.4 Å². The third-order valence-electron chi connectivity index (χ3n) is 4.47. The first-order valence-corrected chi connectivity index (χ1v) is 8.72. The molecule has 23 heavy (non-hydrogen) atoms. The van der Waals surface area contributed by atoms with E-state index in [1.165, 1.54) is 59.6 Å². The smallest absolute Gasteiger partial charge is 0.0780 e. The summed E-state index contributed by atoms with van der Waals surface area (Å²) in [7, 11) is 0. The molecule has 118 valence electrons. The van der Waals surface area contributed by atoms with Gasteiger partial charge in [-0.05, 0) is 42.8 Å². The molecule has 0 saturated heterocycles. The average molecular weight is 303 g/mol. The van der Waals surface area contributed by atoms with Crippen LogP contribution in [0.2, 0.25) is 0 Å². The lowest BCUT2D eigenvalue weighted by Gasteiger charge is -2.08. The Kier molecular flexibility index (Phi) is 5.07. The van der Waals surface area contributed by atoms with Crippen LogP contribution in [-0.4, -0.2) is 4.98 Å². The number of hydrogen-bond acceptors (Lipinski definition) is 1. The number of benzene rings is 2. The molecule has 3 aromatic rings. The molecule has 0 fully saturated rings. The summed E-state index contributed by atoms with van der Waals surface area (Å²) in [6.07, 6.45) is 8.36. The minimum Gasteiger partial charge on any atom is -0.256 e. The van der Waals surface area contributed by atoms with Gasteiger partial charge in [0, 0.05) is 17.1 Å². The Balaban J connectivity index is 1.83. The van der Waals surface area contributed by atoms with E-state index in [0.717, 1.165) is 5.69 Å². The van der Waals surface area contributed by atoms with Gasteiger partial charge in [-0.15, -0.1) is 0 Å². The van der Waals surface area contributed by atoms with Gasteiger partial charge in [0.2, 0.25) is 0 Å². The number of pyridine rings is 1. The summed E-state index contributed by atoms with van der Waals surface area (Å²) in [6.45, 7) is 4.39. The van der Waals surface area contributed by atoms with Crippen LogP contribution < -0.4 is 0 Å². The molecule has 0 aliphatic carbocycles. The highest BCUT2D eigenvalue weighted by atomic mass is 14.7. The Bertz CT molecular complexity index is 772. The molecule has 0 spiro atoms. The number of rotatable bonds is 6. The zero-order valence-electron chi connectivity index (χ0n) is 14.2. The summed E-state index contributed by atoms with van der Waals surface area (Å²) in [5.41, 5.74) is 5.00. The van der Waals surface area contributed by atoms with Gasteiger partial charge >= 0.3 is 0 Å². The van der Waals surface area contributed by atoms with Crippen LogP contribution in [-0.2, 0) is 6.42 Å². The lowest BCUT2D eigenvalue weighted by Crippen LogP contribution is -1.89. The van der Waals surface area contributed by atoms with E-state index >= 15 is 0 Å². The van der Waals surface area contributed by atoms with E-state index in [9.17, 15) is 0 Å². The average Bonchev–Trinajstić information content (AvgIpc) is 2.59. The van der Waals surface area contributed by atoms with Crippen molar-refractivity contribution in [3.63, 3.8) is 0 Å². The number of nitrogens with zero attached hydrogens (tertiary/aromatic N) is 1. The maximum atomic E-state index is 4.63. The maximum Gasteiger partial charge on any atom is 0.0780 e. The molecule has 0 bridgehead atoms. The quantitative estimate of drug-likeness (QED) is 0.485. The summed E-state index contributed by atoms with van der Waals surface area (Å²) in [5.74, 6) is 0. The van der Waals surface area contributed by atoms with Crippen molar-refractivity contribution >= 4 is 10.8 Å². The van der Waals surface area contributed by atoms with Crippen molar-refractivity contribution in [2.45, 2.75) is 46.0 Å². The lowest BCUT2D eigenvalue weighted by molar-refractivity contribution is 0.667. The molecule has 0 radical (unpaired) electrons. The molecule has 0 amide bonds. The van der Waals surface area contributed by atoms with Crippen molar-refractivity contribution in [1.82, 2.24) is 4.98 Å². The molecule has 0 saturated carbocycles. The zero-order chi connectivity index (χ0) is 16.1. The first-order chi connectivity index (χ1) is 11.3. The molecule has 1 nitrogen and oxygen atoms in total. The van der Waals surface area contributed by atoms with E-state index in [1.807, 2.05) is 6.20 Å². The summed E-state index contributed by atoms with van der Waals surface area (Å²) in [6, 6.07) is 17.6. The number of fused-ring (bicyclic) bond motifs is 1. The summed E-state index contributed by atoms with van der Waals surface area (Å²) in [5, 5.41) is 2.49. The van der Waals surface area contributed by atoms with Crippen molar-refractivity contribution in [2.75, 3.05) is 0 Å². The second-order valence-corrected chi connectivity index (χ2v) is 6.39. The topological polar surface area (TPSA) is 12.9 Å². The van der Waals surface area contributed by atoms with Gasteiger partial charge in [0.25, 0.3) is 0 Å². The highest BCUT2D eigenvalue weighted by Gasteiger charge is 2.05. The van der Waals surface area contributed by atoms with E-state index in [4.69, 9.17) is 0 Å². The molecule has 1 heterocycles. The summed E-state index contributed by atoms with van der Waals surface area (Å²) >= 11 is 0. The second kappa shape index (κ2) is 7.41. The lowest BCUT2D eigenvalue weighted by atomic mass is 10.00. The predicted molar refractivity (Wildman–Crippen MR) is 99.8 cm³/mol. The summed E-state index contributed by atoms with van der Waals surface area (Å²) < 4.78 is 0. The van der Waals surface area contributed by atoms with Gasteiger partial charge in [0.05, 0.1) is 5.69 Å². The van der Waals surface area contributed by atoms with Gasteiger partial charge in [-0.1, -0.05) is 68.1 Å². The van der Waals surface area contributed by atoms with Gasteiger partial charge in [-0.3, -0.25) is 4.98 Å². The third-order valence-corrected chi connectivity index (χ3v) is 4.47. The van der Waals surface area contributed by atoms with E-state index in [1.54, 1.807) is 0 Å². The fourth-order valence-corrected chi connectivity index (χ4v) is 3.10. The van der Waals surface area contributed by atoms with Crippen molar-refractivity contribution in [3.05, 3.63) is 65.9 Å². The van der Waals surface area contributed by atoms with Crippen molar-refractivity contribution < 1.29 is 0 Å². The van der Waals surface area contributed by atoms with Gasteiger partial charge in [-0.2, -0.15) is 0 Å². The molecule has 2 aromatic carbocycles. The Hall–Kier alpha value is -2.15. The van der Waals surface area contributed by atoms with Crippen LogP contribution in [0.4, 0.5) is 0 Å². The van der Waals surface area contributed by atoms with Gasteiger partial charge < -0.3 is 0 Å².